The topological polar surface area (TPSA) is 91.0 Å². The van der Waals surface area contributed by atoms with E-state index in [4.69, 9.17) is 4.74 Å². The Bertz CT molecular complexity index is 1080. The molecular formula is C23H30N4O4S. The minimum atomic E-state index is -3.77. The molecule has 4 rings (SSSR count). The summed E-state index contributed by atoms with van der Waals surface area (Å²) >= 11 is 0. The molecule has 1 heterocycles. The van der Waals surface area contributed by atoms with Gasteiger partial charge in [0.25, 0.3) is 5.91 Å². The van der Waals surface area contributed by atoms with Gasteiger partial charge in [-0.15, -0.1) is 0 Å². The van der Waals surface area contributed by atoms with E-state index in [1.807, 2.05) is 18.2 Å². The van der Waals surface area contributed by atoms with Crippen molar-refractivity contribution in [3.05, 3.63) is 48.0 Å². The van der Waals surface area contributed by atoms with Crippen molar-refractivity contribution in [2.75, 3.05) is 57.1 Å². The molecule has 0 atom stereocenters. The van der Waals surface area contributed by atoms with Crippen LogP contribution < -0.4 is 19.7 Å². The largest absolute Gasteiger partial charge is 0.495 e. The predicted molar refractivity (Wildman–Crippen MR) is 125 cm³/mol. The first-order chi connectivity index (χ1) is 15.4. The van der Waals surface area contributed by atoms with Crippen LogP contribution in [0.1, 0.15) is 23.2 Å². The van der Waals surface area contributed by atoms with Crippen molar-refractivity contribution in [2.24, 2.45) is 5.92 Å². The van der Waals surface area contributed by atoms with Crippen LogP contribution in [-0.4, -0.2) is 66.1 Å². The second-order valence-corrected chi connectivity index (χ2v) is 10.2. The van der Waals surface area contributed by atoms with Crippen LogP contribution in [-0.2, 0) is 10.0 Å². The number of hydrogen-bond donors (Lipinski definition) is 2. The van der Waals surface area contributed by atoms with Crippen molar-refractivity contribution < 1.29 is 17.9 Å². The van der Waals surface area contributed by atoms with Crippen LogP contribution in [0, 0.1) is 5.92 Å². The molecular weight excluding hydrogens is 428 g/mol. The number of methoxy groups -OCH3 is 1. The highest BCUT2D eigenvalue weighted by Gasteiger charge is 2.26. The van der Waals surface area contributed by atoms with E-state index in [0.717, 1.165) is 37.8 Å². The second kappa shape index (κ2) is 9.48. The van der Waals surface area contributed by atoms with E-state index in [0.29, 0.717) is 5.69 Å². The molecule has 0 bridgehead atoms. The first-order valence-electron chi connectivity index (χ1n) is 10.9. The van der Waals surface area contributed by atoms with E-state index in [-0.39, 0.29) is 22.1 Å². The van der Waals surface area contributed by atoms with Crippen molar-refractivity contribution >= 4 is 27.3 Å². The molecule has 2 aromatic carbocycles. The number of benzene rings is 2. The Morgan fingerprint density at radius 2 is 1.84 bits per heavy atom. The molecule has 32 heavy (non-hydrogen) atoms. The van der Waals surface area contributed by atoms with Crippen molar-refractivity contribution in [2.45, 2.75) is 17.7 Å². The van der Waals surface area contributed by atoms with Gasteiger partial charge in [-0.2, -0.15) is 0 Å². The SMILES string of the molecule is CNS(=O)(=O)c1cc(C(=O)Nc2cccc(N3CCN(CC4CC4)CC3)c2)ccc1OC. The molecule has 2 aromatic rings. The number of ether oxygens (including phenoxy) is 1. The summed E-state index contributed by atoms with van der Waals surface area (Å²) in [5.41, 5.74) is 1.97. The van der Waals surface area contributed by atoms with Crippen LogP contribution in [0.25, 0.3) is 0 Å². The Labute approximate surface area is 189 Å². The smallest absolute Gasteiger partial charge is 0.255 e. The van der Waals surface area contributed by atoms with Gasteiger partial charge in [-0.3, -0.25) is 9.69 Å². The predicted octanol–water partition coefficient (Wildman–Crippen LogP) is 2.39. The third kappa shape index (κ3) is 5.23. The summed E-state index contributed by atoms with van der Waals surface area (Å²) in [5.74, 6) is 0.701. The lowest BCUT2D eigenvalue weighted by molar-refractivity contribution is 0.102. The molecule has 0 aromatic heterocycles. The maximum Gasteiger partial charge on any atom is 0.255 e. The van der Waals surface area contributed by atoms with Gasteiger partial charge in [0, 0.05) is 49.7 Å². The van der Waals surface area contributed by atoms with Crippen LogP contribution in [0.4, 0.5) is 11.4 Å². The second-order valence-electron chi connectivity index (χ2n) is 8.31. The number of amides is 1. The number of sulfonamides is 1. The maximum atomic E-state index is 12.8. The number of piperazine rings is 1. The highest BCUT2D eigenvalue weighted by Crippen LogP contribution is 2.30. The lowest BCUT2D eigenvalue weighted by Crippen LogP contribution is -2.47. The minimum absolute atomic E-state index is 0.0760. The van der Waals surface area contributed by atoms with Gasteiger partial charge in [-0.05, 0) is 62.2 Å². The van der Waals surface area contributed by atoms with Crippen molar-refractivity contribution in [1.29, 1.82) is 0 Å². The summed E-state index contributed by atoms with van der Waals surface area (Å²) in [4.78, 5) is 17.6. The number of anilines is 2. The van der Waals surface area contributed by atoms with Gasteiger partial charge in [0.1, 0.15) is 10.6 Å². The zero-order valence-electron chi connectivity index (χ0n) is 18.5. The first-order valence-corrected chi connectivity index (χ1v) is 12.4. The van der Waals surface area contributed by atoms with Gasteiger partial charge in [0.15, 0.2) is 0 Å². The Morgan fingerprint density at radius 3 is 2.50 bits per heavy atom. The molecule has 2 aliphatic rings. The molecule has 0 unspecified atom stereocenters. The van der Waals surface area contributed by atoms with Gasteiger partial charge in [0.05, 0.1) is 7.11 Å². The summed E-state index contributed by atoms with van der Waals surface area (Å²) < 4.78 is 32.0. The fourth-order valence-corrected chi connectivity index (χ4v) is 4.89. The molecule has 0 radical (unpaired) electrons. The molecule has 1 aliphatic carbocycles. The third-order valence-electron chi connectivity index (χ3n) is 6.04. The standard InChI is InChI=1S/C23H30N4O4S/c1-24-32(29,30)22-14-18(8-9-21(22)31-2)23(28)25-19-4-3-5-20(15-19)27-12-10-26(11-13-27)16-17-6-7-17/h3-5,8-9,14-15,17,24H,6-7,10-13,16H2,1-2H3,(H,25,28). The number of carbonyl (C=O) groups is 1. The van der Waals surface area contributed by atoms with E-state index >= 15 is 0 Å². The lowest BCUT2D eigenvalue weighted by Gasteiger charge is -2.36. The normalized spacial score (nSPS) is 17.2. The molecule has 1 aliphatic heterocycles. The zero-order valence-corrected chi connectivity index (χ0v) is 19.3. The van der Waals surface area contributed by atoms with Crippen LogP contribution in [0.5, 0.6) is 5.75 Å². The highest BCUT2D eigenvalue weighted by atomic mass is 32.2. The molecule has 1 amide bonds. The number of carbonyl (C=O) groups excluding carboxylic acids is 1. The summed E-state index contributed by atoms with van der Waals surface area (Å²) in [5, 5.41) is 2.88. The lowest BCUT2D eigenvalue weighted by atomic mass is 10.2. The molecule has 2 N–H and O–H groups in total. The van der Waals surface area contributed by atoms with E-state index in [1.165, 1.54) is 45.7 Å². The highest BCUT2D eigenvalue weighted by molar-refractivity contribution is 7.89. The Kier molecular flexibility index (Phi) is 6.68. The number of nitrogens with zero attached hydrogens (tertiary/aromatic N) is 2. The van der Waals surface area contributed by atoms with E-state index in [1.54, 1.807) is 6.07 Å². The van der Waals surface area contributed by atoms with Gasteiger partial charge < -0.3 is 15.0 Å². The molecule has 9 heteroatoms. The molecule has 172 valence electrons. The van der Waals surface area contributed by atoms with Crippen molar-refractivity contribution in [1.82, 2.24) is 9.62 Å². The van der Waals surface area contributed by atoms with Crippen LogP contribution in [0.3, 0.4) is 0 Å². The monoisotopic (exact) mass is 458 g/mol. The molecule has 1 saturated heterocycles. The van der Waals surface area contributed by atoms with Gasteiger partial charge >= 0.3 is 0 Å². The van der Waals surface area contributed by atoms with Crippen LogP contribution in [0.2, 0.25) is 0 Å². The number of rotatable bonds is 8. The Hall–Kier alpha value is -2.62. The summed E-state index contributed by atoms with van der Waals surface area (Å²) in [6.45, 7) is 5.27. The average Bonchev–Trinajstić information content (AvgIpc) is 3.63. The molecule has 2 fully saturated rings. The first kappa shape index (κ1) is 22.6. The maximum absolute atomic E-state index is 12.8. The fourth-order valence-electron chi connectivity index (χ4n) is 3.98. The summed E-state index contributed by atoms with van der Waals surface area (Å²) in [7, 11) is -1.06. The van der Waals surface area contributed by atoms with Gasteiger partial charge in [-0.1, -0.05) is 6.07 Å². The Balaban J connectivity index is 1.44. The Morgan fingerprint density at radius 1 is 1.09 bits per heavy atom. The minimum Gasteiger partial charge on any atom is -0.495 e. The number of nitrogens with one attached hydrogen (secondary N) is 2. The fraction of sp³-hybridized carbons (Fsp3) is 0.435. The van der Waals surface area contributed by atoms with Crippen LogP contribution >= 0.6 is 0 Å². The average molecular weight is 459 g/mol. The summed E-state index contributed by atoms with van der Waals surface area (Å²) in [6, 6.07) is 12.1. The summed E-state index contributed by atoms with van der Waals surface area (Å²) in [6.07, 6.45) is 2.75. The van der Waals surface area contributed by atoms with E-state index in [2.05, 4.69) is 25.9 Å². The zero-order chi connectivity index (χ0) is 22.7. The van der Waals surface area contributed by atoms with E-state index < -0.39 is 10.0 Å². The van der Waals surface area contributed by atoms with E-state index in [9.17, 15) is 13.2 Å². The van der Waals surface area contributed by atoms with Gasteiger partial charge in [0.2, 0.25) is 10.0 Å². The number of hydrogen-bond acceptors (Lipinski definition) is 6. The molecule has 0 spiro atoms. The quantitative estimate of drug-likeness (QED) is 0.631. The molecule has 8 nitrogen and oxygen atoms in total. The van der Waals surface area contributed by atoms with Crippen molar-refractivity contribution in [3.8, 4) is 5.75 Å². The van der Waals surface area contributed by atoms with Crippen LogP contribution in [0.15, 0.2) is 47.4 Å². The van der Waals surface area contributed by atoms with Crippen molar-refractivity contribution in [3.63, 3.8) is 0 Å². The molecule has 1 saturated carbocycles. The van der Waals surface area contributed by atoms with Gasteiger partial charge in [-0.25, -0.2) is 13.1 Å². The third-order valence-corrected chi connectivity index (χ3v) is 7.47.